The Morgan fingerprint density at radius 3 is 2.81 bits per heavy atom. The summed E-state index contributed by atoms with van der Waals surface area (Å²) in [5.74, 6) is 2.15. The Morgan fingerprint density at radius 1 is 1.44 bits per heavy atom. The van der Waals surface area contributed by atoms with E-state index in [9.17, 15) is 8.42 Å². The third-order valence-electron chi connectivity index (χ3n) is 5.50. The molecule has 0 amide bonds. The average molecular weight is 509 g/mol. The lowest BCUT2D eigenvalue weighted by Gasteiger charge is -2.25. The summed E-state index contributed by atoms with van der Waals surface area (Å²) in [5, 5.41) is 7.83. The van der Waals surface area contributed by atoms with Crippen molar-refractivity contribution in [2.24, 2.45) is 18.0 Å². The number of nitrogens with zero attached hydrogens (tertiary/aromatic N) is 4. The van der Waals surface area contributed by atoms with E-state index < -0.39 is 9.84 Å². The summed E-state index contributed by atoms with van der Waals surface area (Å²) in [6.07, 6.45) is 6.90. The number of aliphatic imine (C=N–C) groups is 1. The monoisotopic (exact) mass is 509 g/mol. The number of sulfone groups is 1. The molecule has 0 aromatic carbocycles. The van der Waals surface area contributed by atoms with E-state index >= 15 is 0 Å². The summed E-state index contributed by atoms with van der Waals surface area (Å²) in [6.45, 7) is 6.79. The molecular formula is C18H32IN5O2S. The second-order valence-corrected chi connectivity index (χ2v) is 9.99. The molecule has 0 spiro atoms. The highest BCUT2D eigenvalue weighted by Crippen LogP contribution is 2.27. The molecule has 7 nitrogen and oxygen atoms in total. The van der Waals surface area contributed by atoms with Crippen molar-refractivity contribution in [2.75, 3.05) is 31.1 Å². The fraction of sp³-hybridized carbons (Fsp3) is 0.778. The van der Waals surface area contributed by atoms with E-state index in [1.165, 1.54) is 5.56 Å². The molecule has 3 atom stereocenters. The van der Waals surface area contributed by atoms with Crippen LogP contribution in [0.2, 0.25) is 0 Å². The molecule has 1 aromatic heterocycles. The standard InChI is InChI=1S/C18H31N5O2S.HI/c1-4-14(2)21-18(19-9-15-6-8-26(24,25)13-15)23-7-5-16(12-23)17-10-20-22(3)11-17;/h10-11,14-16H,4-9,12-13H2,1-3H3,(H,19,21);1H. The van der Waals surface area contributed by atoms with Crippen molar-refractivity contribution in [2.45, 2.75) is 45.1 Å². The Labute approximate surface area is 179 Å². The van der Waals surface area contributed by atoms with E-state index in [4.69, 9.17) is 4.99 Å². The van der Waals surface area contributed by atoms with Crippen LogP contribution in [-0.2, 0) is 16.9 Å². The van der Waals surface area contributed by atoms with Crippen LogP contribution in [0.3, 0.4) is 0 Å². The van der Waals surface area contributed by atoms with Gasteiger partial charge in [0, 0.05) is 44.8 Å². The van der Waals surface area contributed by atoms with Gasteiger partial charge in [0.15, 0.2) is 15.8 Å². The molecule has 2 aliphatic heterocycles. The molecular weight excluding hydrogens is 477 g/mol. The van der Waals surface area contributed by atoms with Crippen LogP contribution in [0, 0.1) is 5.92 Å². The summed E-state index contributed by atoms with van der Waals surface area (Å²) in [6, 6.07) is 0.346. The first-order valence-corrected chi connectivity index (χ1v) is 11.4. The van der Waals surface area contributed by atoms with Crippen molar-refractivity contribution in [1.82, 2.24) is 20.0 Å². The maximum atomic E-state index is 11.7. The van der Waals surface area contributed by atoms with Gasteiger partial charge in [0.1, 0.15) is 0 Å². The lowest BCUT2D eigenvalue weighted by Crippen LogP contribution is -2.44. The Kier molecular flexibility index (Phi) is 7.96. The van der Waals surface area contributed by atoms with E-state index in [0.717, 1.165) is 38.3 Å². The summed E-state index contributed by atoms with van der Waals surface area (Å²) < 4.78 is 25.2. The van der Waals surface area contributed by atoms with Gasteiger partial charge < -0.3 is 10.2 Å². The first-order chi connectivity index (χ1) is 12.4. The number of guanidine groups is 1. The van der Waals surface area contributed by atoms with Crippen LogP contribution in [0.25, 0.3) is 0 Å². The normalized spacial score (nSPS) is 26.0. The van der Waals surface area contributed by atoms with Crippen molar-refractivity contribution >= 4 is 39.8 Å². The van der Waals surface area contributed by atoms with Crippen LogP contribution in [0.15, 0.2) is 17.4 Å². The van der Waals surface area contributed by atoms with E-state index in [-0.39, 0.29) is 35.6 Å². The lowest BCUT2D eigenvalue weighted by atomic mass is 10.0. The van der Waals surface area contributed by atoms with Crippen molar-refractivity contribution in [3.05, 3.63) is 18.0 Å². The van der Waals surface area contributed by atoms with E-state index in [0.29, 0.717) is 24.3 Å². The van der Waals surface area contributed by atoms with Crippen LogP contribution >= 0.6 is 24.0 Å². The van der Waals surface area contributed by atoms with Gasteiger partial charge in [0.2, 0.25) is 0 Å². The summed E-state index contributed by atoms with van der Waals surface area (Å²) in [4.78, 5) is 7.13. The molecule has 3 unspecified atom stereocenters. The van der Waals surface area contributed by atoms with Gasteiger partial charge in [-0.1, -0.05) is 6.92 Å². The zero-order valence-electron chi connectivity index (χ0n) is 16.5. The fourth-order valence-corrected chi connectivity index (χ4v) is 5.52. The molecule has 0 bridgehead atoms. The summed E-state index contributed by atoms with van der Waals surface area (Å²) >= 11 is 0. The predicted molar refractivity (Wildman–Crippen MR) is 120 cm³/mol. The zero-order chi connectivity index (χ0) is 18.7. The molecule has 3 rings (SSSR count). The largest absolute Gasteiger partial charge is 0.354 e. The van der Waals surface area contributed by atoms with Gasteiger partial charge in [-0.2, -0.15) is 5.10 Å². The molecule has 2 fully saturated rings. The minimum Gasteiger partial charge on any atom is -0.354 e. The molecule has 154 valence electrons. The van der Waals surface area contributed by atoms with Gasteiger partial charge in [-0.15, -0.1) is 24.0 Å². The number of aryl methyl sites for hydroxylation is 1. The SMILES string of the molecule is CCC(C)NC(=NCC1CCS(=O)(=O)C1)N1CCC(c2cnn(C)c2)C1.I. The van der Waals surface area contributed by atoms with E-state index in [2.05, 4.69) is 35.4 Å². The number of aromatic nitrogens is 2. The summed E-state index contributed by atoms with van der Waals surface area (Å²) in [7, 11) is -0.897. The molecule has 1 N–H and O–H groups in total. The minimum atomic E-state index is -2.85. The molecule has 0 aliphatic carbocycles. The van der Waals surface area contributed by atoms with Gasteiger partial charge in [-0.05, 0) is 37.7 Å². The third-order valence-corrected chi connectivity index (χ3v) is 7.33. The highest BCUT2D eigenvalue weighted by atomic mass is 127. The van der Waals surface area contributed by atoms with Crippen LogP contribution in [0.4, 0.5) is 0 Å². The molecule has 0 saturated carbocycles. The third kappa shape index (κ3) is 6.07. The van der Waals surface area contributed by atoms with Crippen LogP contribution in [-0.4, -0.2) is 66.2 Å². The smallest absolute Gasteiger partial charge is 0.194 e. The molecule has 0 radical (unpaired) electrons. The first-order valence-electron chi connectivity index (χ1n) is 9.61. The van der Waals surface area contributed by atoms with E-state index in [1.807, 2.05) is 17.9 Å². The zero-order valence-corrected chi connectivity index (χ0v) is 19.6. The van der Waals surface area contributed by atoms with Gasteiger partial charge in [-0.3, -0.25) is 9.67 Å². The molecule has 27 heavy (non-hydrogen) atoms. The quantitative estimate of drug-likeness (QED) is 0.373. The van der Waals surface area contributed by atoms with Crippen molar-refractivity contribution < 1.29 is 8.42 Å². The Balaban J connectivity index is 0.00000261. The minimum absolute atomic E-state index is 0. The number of likely N-dealkylation sites (tertiary alicyclic amines) is 1. The van der Waals surface area contributed by atoms with Crippen LogP contribution in [0.5, 0.6) is 0 Å². The highest BCUT2D eigenvalue weighted by Gasteiger charge is 2.30. The van der Waals surface area contributed by atoms with Crippen molar-refractivity contribution in [3.63, 3.8) is 0 Å². The maximum absolute atomic E-state index is 11.7. The van der Waals surface area contributed by atoms with Crippen LogP contribution < -0.4 is 5.32 Å². The molecule has 1 aromatic rings. The van der Waals surface area contributed by atoms with Gasteiger partial charge in [0.25, 0.3) is 0 Å². The topological polar surface area (TPSA) is 79.6 Å². The number of rotatable bonds is 5. The fourth-order valence-electron chi connectivity index (χ4n) is 3.67. The highest BCUT2D eigenvalue weighted by molar-refractivity contribution is 14.0. The first kappa shape index (κ1) is 22.4. The predicted octanol–water partition coefficient (Wildman–Crippen LogP) is 2.01. The number of hydrogen-bond acceptors (Lipinski definition) is 4. The van der Waals surface area contributed by atoms with Gasteiger partial charge in [-0.25, -0.2) is 8.42 Å². The summed E-state index contributed by atoms with van der Waals surface area (Å²) in [5.41, 5.74) is 1.28. The van der Waals surface area contributed by atoms with Gasteiger partial charge in [0.05, 0.1) is 17.7 Å². The average Bonchev–Trinajstić information content (AvgIpc) is 3.31. The second kappa shape index (κ2) is 9.58. The Bertz CT molecular complexity index is 749. The maximum Gasteiger partial charge on any atom is 0.194 e. The Morgan fingerprint density at radius 2 is 2.22 bits per heavy atom. The van der Waals surface area contributed by atoms with Crippen molar-refractivity contribution in [3.8, 4) is 0 Å². The number of nitrogens with one attached hydrogen (secondary N) is 1. The molecule has 3 heterocycles. The van der Waals surface area contributed by atoms with Gasteiger partial charge >= 0.3 is 0 Å². The number of halogens is 1. The molecule has 2 saturated heterocycles. The Hall–Kier alpha value is -0.840. The molecule has 2 aliphatic rings. The lowest BCUT2D eigenvalue weighted by molar-refractivity contribution is 0.463. The van der Waals surface area contributed by atoms with Crippen molar-refractivity contribution in [1.29, 1.82) is 0 Å². The molecule has 9 heteroatoms. The van der Waals surface area contributed by atoms with Crippen LogP contribution in [0.1, 0.15) is 44.6 Å². The van der Waals surface area contributed by atoms with E-state index in [1.54, 1.807) is 0 Å². The second-order valence-electron chi connectivity index (χ2n) is 7.77. The number of hydrogen-bond donors (Lipinski definition) is 1.